The standard InChI is InChI=1S/C22H24ClN3OS3/c1-15-10-11-17(12-18(15)23)26-21(28)30-20(24-26)29-14-19(27)25(22(2,3)4)13-16-8-6-5-7-9-16/h5-12H,13-14H2,1-4H3. The molecule has 0 aliphatic carbocycles. The first-order chi connectivity index (χ1) is 14.1. The third kappa shape index (κ3) is 5.72. The molecule has 1 heterocycles. The van der Waals surface area contributed by atoms with E-state index in [9.17, 15) is 4.79 Å². The maximum absolute atomic E-state index is 13.0. The zero-order valence-corrected chi connectivity index (χ0v) is 20.6. The monoisotopic (exact) mass is 477 g/mol. The predicted molar refractivity (Wildman–Crippen MR) is 129 cm³/mol. The molecule has 0 atom stereocenters. The van der Waals surface area contributed by atoms with Gasteiger partial charge < -0.3 is 4.90 Å². The molecule has 0 bridgehead atoms. The molecule has 158 valence electrons. The van der Waals surface area contributed by atoms with Crippen LogP contribution in [0.15, 0.2) is 52.9 Å². The van der Waals surface area contributed by atoms with Crippen LogP contribution in [0.4, 0.5) is 0 Å². The molecule has 0 radical (unpaired) electrons. The molecule has 30 heavy (non-hydrogen) atoms. The van der Waals surface area contributed by atoms with Crippen molar-refractivity contribution in [1.82, 2.24) is 14.7 Å². The Bertz CT molecular complexity index is 1090. The summed E-state index contributed by atoms with van der Waals surface area (Å²) in [5.41, 5.74) is 2.66. The lowest BCUT2D eigenvalue weighted by molar-refractivity contribution is -0.133. The number of thioether (sulfide) groups is 1. The number of carbonyl (C=O) groups is 1. The van der Waals surface area contributed by atoms with Crippen LogP contribution in [-0.2, 0) is 11.3 Å². The van der Waals surface area contributed by atoms with E-state index < -0.39 is 0 Å². The van der Waals surface area contributed by atoms with Gasteiger partial charge in [-0.3, -0.25) is 4.79 Å². The largest absolute Gasteiger partial charge is 0.333 e. The molecule has 0 saturated heterocycles. The molecular formula is C22H24ClN3OS3. The summed E-state index contributed by atoms with van der Waals surface area (Å²) in [6.45, 7) is 8.69. The number of carbonyl (C=O) groups excluding carboxylic acids is 1. The summed E-state index contributed by atoms with van der Waals surface area (Å²) in [6.07, 6.45) is 0. The highest BCUT2D eigenvalue weighted by Crippen LogP contribution is 2.27. The fourth-order valence-corrected chi connectivity index (χ4v) is 5.27. The first-order valence-electron chi connectivity index (χ1n) is 9.49. The second-order valence-electron chi connectivity index (χ2n) is 7.90. The molecule has 3 rings (SSSR count). The molecule has 2 aromatic carbocycles. The van der Waals surface area contributed by atoms with Gasteiger partial charge in [0.25, 0.3) is 0 Å². The Morgan fingerprint density at radius 2 is 1.93 bits per heavy atom. The van der Waals surface area contributed by atoms with Crippen molar-refractivity contribution in [3.05, 3.63) is 68.6 Å². The van der Waals surface area contributed by atoms with E-state index in [2.05, 4.69) is 25.9 Å². The quantitative estimate of drug-likeness (QED) is 0.298. The van der Waals surface area contributed by atoms with Crippen LogP contribution in [-0.4, -0.2) is 31.9 Å². The number of aryl methyl sites for hydroxylation is 1. The average Bonchev–Trinajstić information content (AvgIpc) is 3.07. The van der Waals surface area contributed by atoms with Gasteiger partial charge in [0.1, 0.15) is 0 Å². The van der Waals surface area contributed by atoms with Gasteiger partial charge in [-0.1, -0.05) is 71.1 Å². The maximum Gasteiger partial charge on any atom is 0.233 e. The van der Waals surface area contributed by atoms with Crippen LogP contribution in [0.2, 0.25) is 5.02 Å². The molecule has 0 aliphatic heterocycles. The van der Waals surface area contributed by atoms with E-state index in [1.807, 2.05) is 60.4 Å². The Morgan fingerprint density at radius 3 is 2.57 bits per heavy atom. The normalized spacial score (nSPS) is 11.5. The number of halogens is 1. The molecule has 1 amide bonds. The van der Waals surface area contributed by atoms with E-state index in [-0.39, 0.29) is 11.4 Å². The van der Waals surface area contributed by atoms with Crippen LogP contribution in [0.3, 0.4) is 0 Å². The maximum atomic E-state index is 13.0. The van der Waals surface area contributed by atoms with Crippen molar-refractivity contribution in [2.75, 3.05) is 5.75 Å². The van der Waals surface area contributed by atoms with Gasteiger partial charge in [0.15, 0.2) is 8.29 Å². The second-order valence-corrected chi connectivity index (χ2v) is 11.2. The Kier molecular flexibility index (Phi) is 7.39. The summed E-state index contributed by atoms with van der Waals surface area (Å²) in [5, 5.41) is 5.27. The topological polar surface area (TPSA) is 38.1 Å². The second kappa shape index (κ2) is 9.64. The van der Waals surface area contributed by atoms with Crippen LogP contribution < -0.4 is 0 Å². The number of hydrogen-bond donors (Lipinski definition) is 0. The Balaban J connectivity index is 1.73. The van der Waals surface area contributed by atoms with Gasteiger partial charge >= 0.3 is 0 Å². The van der Waals surface area contributed by atoms with Gasteiger partial charge in [0, 0.05) is 17.1 Å². The van der Waals surface area contributed by atoms with Crippen molar-refractivity contribution >= 4 is 52.8 Å². The van der Waals surface area contributed by atoms with Gasteiger partial charge in [0.2, 0.25) is 5.91 Å². The Labute approximate surface area is 195 Å². The van der Waals surface area contributed by atoms with E-state index in [1.54, 1.807) is 4.68 Å². The van der Waals surface area contributed by atoms with Crippen LogP contribution in [0, 0.1) is 10.9 Å². The highest BCUT2D eigenvalue weighted by molar-refractivity contribution is 8.01. The number of rotatable bonds is 6. The molecule has 0 saturated carbocycles. The molecule has 3 aromatic rings. The van der Waals surface area contributed by atoms with E-state index in [4.69, 9.17) is 23.8 Å². The van der Waals surface area contributed by atoms with Crippen molar-refractivity contribution in [2.45, 2.75) is 44.1 Å². The van der Waals surface area contributed by atoms with Crippen molar-refractivity contribution in [3.63, 3.8) is 0 Å². The molecule has 1 aromatic heterocycles. The zero-order valence-electron chi connectivity index (χ0n) is 17.4. The van der Waals surface area contributed by atoms with Crippen LogP contribution in [0.25, 0.3) is 5.69 Å². The van der Waals surface area contributed by atoms with E-state index >= 15 is 0 Å². The van der Waals surface area contributed by atoms with Crippen LogP contribution in [0.1, 0.15) is 31.9 Å². The number of aromatic nitrogens is 2. The molecule has 0 spiro atoms. The first kappa shape index (κ1) is 23.0. The van der Waals surface area contributed by atoms with Gasteiger partial charge in [-0.15, -0.1) is 5.10 Å². The predicted octanol–water partition coefficient (Wildman–Crippen LogP) is 6.54. The Morgan fingerprint density at radius 1 is 1.23 bits per heavy atom. The van der Waals surface area contributed by atoms with Gasteiger partial charge in [-0.2, -0.15) is 0 Å². The Hall–Kier alpha value is -1.67. The summed E-state index contributed by atoms with van der Waals surface area (Å²) in [5.74, 6) is 0.378. The summed E-state index contributed by atoms with van der Waals surface area (Å²) < 4.78 is 3.09. The lowest BCUT2D eigenvalue weighted by Gasteiger charge is -2.36. The van der Waals surface area contributed by atoms with Crippen molar-refractivity contribution in [1.29, 1.82) is 0 Å². The van der Waals surface area contributed by atoms with E-state index in [1.165, 1.54) is 23.1 Å². The highest BCUT2D eigenvalue weighted by Gasteiger charge is 2.26. The number of benzene rings is 2. The molecular weight excluding hydrogens is 454 g/mol. The number of amides is 1. The highest BCUT2D eigenvalue weighted by atomic mass is 35.5. The van der Waals surface area contributed by atoms with Gasteiger partial charge in [-0.05, 0) is 63.2 Å². The van der Waals surface area contributed by atoms with Crippen LogP contribution in [0.5, 0.6) is 0 Å². The minimum Gasteiger partial charge on any atom is -0.333 e. The summed E-state index contributed by atoms with van der Waals surface area (Å²) >= 11 is 14.5. The minimum atomic E-state index is -0.280. The molecule has 0 N–H and O–H groups in total. The fraction of sp³-hybridized carbons (Fsp3) is 0.318. The molecule has 0 fully saturated rings. The minimum absolute atomic E-state index is 0.0717. The first-order valence-corrected chi connectivity index (χ1v) is 12.1. The lowest BCUT2D eigenvalue weighted by atomic mass is 10.0. The fourth-order valence-electron chi connectivity index (χ4n) is 2.86. The smallest absolute Gasteiger partial charge is 0.233 e. The van der Waals surface area contributed by atoms with E-state index in [0.29, 0.717) is 21.3 Å². The average molecular weight is 478 g/mol. The van der Waals surface area contributed by atoms with Crippen molar-refractivity contribution in [2.24, 2.45) is 0 Å². The lowest BCUT2D eigenvalue weighted by Crippen LogP contribution is -2.45. The molecule has 4 nitrogen and oxygen atoms in total. The van der Waals surface area contributed by atoms with Crippen molar-refractivity contribution < 1.29 is 4.79 Å². The summed E-state index contributed by atoms with van der Waals surface area (Å²) in [6, 6.07) is 15.8. The third-order valence-corrected chi connectivity index (χ3v) is 7.30. The summed E-state index contributed by atoms with van der Waals surface area (Å²) in [7, 11) is 0. The van der Waals surface area contributed by atoms with Crippen LogP contribution >= 0.6 is 46.9 Å². The molecule has 0 aliphatic rings. The van der Waals surface area contributed by atoms with E-state index in [0.717, 1.165) is 21.2 Å². The van der Waals surface area contributed by atoms with Gasteiger partial charge in [-0.25, -0.2) is 4.68 Å². The summed E-state index contributed by atoms with van der Waals surface area (Å²) in [4.78, 5) is 15.0. The SMILES string of the molecule is Cc1ccc(-n2nc(SCC(=O)N(Cc3ccccc3)C(C)(C)C)sc2=S)cc1Cl. The zero-order chi connectivity index (χ0) is 21.9. The number of nitrogens with zero attached hydrogens (tertiary/aromatic N) is 3. The third-order valence-electron chi connectivity index (χ3n) is 4.54. The number of hydrogen-bond acceptors (Lipinski definition) is 5. The molecule has 8 heteroatoms. The van der Waals surface area contributed by atoms with Gasteiger partial charge in [0.05, 0.1) is 11.4 Å². The molecule has 0 unspecified atom stereocenters. The van der Waals surface area contributed by atoms with Crippen molar-refractivity contribution in [3.8, 4) is 5.69 Å².